The normalized spacial score (nSPS) is 26.3. The van der Waals surface area contributed by atoms with E-state index in [1.165, 1.54) is 51.8 Å². The summed E-state index contributed by atoms with van der Waals surface area (Å²) in [5.41, 5.74) is 15.3. The van der Waals surface area contributed by atoms with Gasteiger partial charge in [0, 0.05) is 17.3 Å². The zero-order valence-corrected chi connectivity index (χ0v) is 29.8. The highest BCUT2D eigenvalue weighted by molar-refractivity contribution is 5.88. The van der Waals surface area contributed by atoms with Crippen LogP contribution in [0.15, 0.2) is 172 Å². The molecule has 0 fully saturated rings. The molecule has 0 aromatic heterocycles. The minimum atomic E-state index is -0.157. The van der Waals surface area contributed by atoms with Crippen LogP contribution in [0.3, 0.4) is 0 Å². The Kier molecular flexibility index (Phi) is 8.32. The number of aliphatic imine (C=N–C) groups is 1. The van der Waals surface area contributed by atoms with Crippen molar-refractivity contribution >= 4 is 11.4 Å². The van der Waals surface area contributed by atoms with Crippen LogP contribution in [0, 0.1) is 17.3 Å². The van der Waals surface area contributed by atoms with E-state index in [4.69, 9.17) is 4.99 Å². The molecule has 254 valence electrons. The Labute approximate surface area is 303 Å². The summed E-state index contributed by atoms with van der Waals surface area (Å²) in [6, 6.07) is 28.6. The van der Waals surface area contributed by atoms with Gasteiger partial charge in [0.1, 0.15) is 18.2 Å². The standard InChI is InChI=1S/C48H47N3/c1-48(2)43-22-10-9-21-41(43)42-28-27-39(31-44(42)48)37-18-11-17-36(29-37)38-19-12-20-40(30-38)47-50-45(34-15-7-4-8-16-34)49-46(51-47)35-25-23-33(24-26-35)32-13-5-3-6-14-32/h3-8,10,12-15,17,19-20,22-26,28-31,34,39,46-47,51H,9,11,16,18,21,27H2,1-2H3,(H,49,50). The van der Waals surface area contributed by atoms with Crippen LogP contribution in [0.1, 0.15) is 81.4 Å². The van der Waals surface area contributed by atoms with Crippen LogP contribution in [0.4, 0.5) is 0 Å². The quantitative estimate of drug-likeness (QED) is 0.275. The number of hydrogen-bond donors (Lipinski definition) is 2. The van der Waals surface area contributed by atoms with E-state index in [0.717, 1.165) is 31.5 Å². The molecular weight excluding hydrogens is 619 g/mol. The van der Waals surface area contributed by atoms with Gasteiger partial charge in [-0.3, -0.25) is 5.32 Å². The lowest BCUT2D eigenvalue weighted by atomic mass is 9.74. The predicted molar refractivity (Wildman–Crippen MR) is 213 cm³/mol. The number of nitrogens with zero attached hydrogens (tertiary/aromatic N) is 1. The Morgan fingerprint density at radius 1 is 0.745 bits per heavy atom. The van der Waals surface area contributed by atoms with Gasteiger partial charge >= 0.3 is 0 Å². The molecule has 0 saturated carbocycles. The topological polar surface area (TPSA) is 36.4 Å². The average Bonchev–Trinajstić information content (AvgIpc) is 3.44. The molecule has 6 aliphatic rings. The maximum absolute atomic E-state index is 5.32. The second-order valence-electron chi connectivity index (χ2n) is 15.3. The van der Waals surface area contributed by atoms with Gasteiger partial charge in [0.2, 0.25) is 0 Å². The summed E-state index contributed by atoms with van der Waals surface area (Å²) in [5.74, 6) is 1.74. The molecule has 3 aromatic rings. The van der Waals surface area contributed by atoms with Crippen molar-refractivity contribution in [1.82, 2.24) is 10.6 Å². The van der Waals surface area contributed by atoms with Crippen molar-refractivity contribution in [2.24, 2.45) is 22.2 Å². The number of fused-ring (bicyclic) bond motifs is 2. The third kappa shape index (κ3) is 6.08. The summed E-state index contributed by atoms with van der Waals surface area (Å²) in [6.45, 7) is 4.85. The highest BCUT2D eigenvalue weighted by Gasteiger charge is 2.41. The highest BCUT2D eigenvalue weighted by Crippen LogP contribution is 2.55. The van der Waals surface area contributed by atoms with Crippen molar-refractivity contribution < 1.29 is 0 Å². The van der Waals surface area contributed by atoms with Crippen molar-refractivity contribution in [3.8, 4) is 11.1 Å². The molecule has 4 unspecified atom stereocenters. The fourth-order valence-corrected chi connectivity index (χ4v) is 8.98. The van der Waals surface area contributed by atoms with E-state index in [0.29, 0.717) is 5.92 Å². The summed E-state index contributed by atoms with van der Waals surface area (Å²) in [4.78, 5) is 5.32. The van der Waals surface area contributed by atoms with E-state index in [1.807, 2.05) is 0 Å². The third-order valence-electron chi connectivity index (χ3n) is 11.8. The van der Waals surface area contributed by atoms with Crippen molar-refractivity contribution in [2.45, 2.75) is 64.7 Å². The molecule has 4 atom stereocenters. The maximum atomic E-state index is 5.32. The molecule has 9 rings (SSSR count). The van der Waals surface area contributed by atoms with E-state index in [1.54, 1.807) is 22.3 Å². The summed E-state index contributed by atoms with van der Waals surface area (Å²) >= 11 is 0. The molecule has 3 heteroatoms. The lowest BCUT2D eigenvalue weighted by molar-refractivity contribution is 0.399. The number of amidine groups is 1. The largest absolute Gasteiger partial charge is 0.354 e. The molecule has 0 spiro atoms. The molecule has 0 radical (unpaired) electrons. The van der Waals surface area contributed by atoms with Crippen LogP contribution >= 0.6 is 0 Å². The first-order valence-corrected chi connectivity index (χ1v) is 18.9. The van der Waals surface area contributed by atoms with Gasteiger partial charge in [-0.15, -0.1) is 0 Å². The molecule has 1 heterocycles. The third-order valence-corrected chi connectivity index (χ3v) is 11.8. The summed E-state index contributed by atoms with van der Waals surface area (Å²) < 4.78 is 0. The highest BCUT2D eigenvalue weighted by atomic mass is 15.3. The molecule has 3 nitrogen and oxygen atoms in total. The Morgan fingerprint density at radius 2 is 1.59 bits per heavy atom. The number of rotatable bonds is 6. The number of hydrogen-bond acceptors (Lipinski definition) is 3. The predicted octanol–water partition coefficient (Wildman–Crippen LogP) is 11.4. The molecule has 2 N–H and O–H groups in total. The van der Waals surface area contributed by atoms with Gasteiger partial charge in [0.15, 0.2) is 0 Å². The number of benzene rings is 3. The summed E-state index contributed by atoms with van der Waals surface area (Å²) in [6.07, 6.45) is 30.1. The average molecular weight is 666 g/mol. The van der Waals surface area contributed by atoms with E-state index in [9.17, 15) is 0 Å². The van der Waals surface area contributed by atoms with Crippen LogP contribution in [0.2, 0.25) is 0 Å². The van der Waals surface area contributed by atoms with Crippen molar-refractivity contribution in [3.63, 3.8) is 0 Å². The lowest BCUT2D eigenvalue weighted by Gasteiger charge is -2.34. The Hall–Kier alpha value is -4.99. The molecule has 0 saturated heterocycles. The Balaban J connectivity index is 0.985. The fraction of sp³-hybridized carbons (Fsp3) is 0.271. The van der Waals surface area contributed by atoms with E-state index >= 15 is 0 Å². The van der Waals surface area contributed by atoms with Crippen LogP contribution in [0.25, 0.3) is 16.7 Å². The maximum Gasteiger partial charge on any atom is 0.129 e. The molecular formula is C48H47N3. The van der Waals surface area contributed by atoms with Crippen LogP contribution in [0.5, 0.6) is 0 Å². The number of nitrogens with one attached hydrogen (secondary N) is 2. The molecule has 0 amide bonds. The van der Waals surface area contributed by atoms with Gasteiger partial charge in [-0.2, -0.15) is 0 Å². The van der Waals surface area contributed by atoms with Gasteiger partial charge in [0.05, 0.1) is 0 Å². The first kappa shape index (κ1) is 32.0. The van der Waals surface area contributed by atoms with Gasteiger partial charge in [-0.05, 0) is 100 Å². The molecule has 1 aliphatic heterocycles. The lowest BCUT2D eigenvalue weighted by Crippen LogP contribution is -2.47. The monoisotopic (exact) mass is 665 g/mol. The first-order chi connectivity index (χ1) is 25.0. The minimum Gasteiger partial charge on any atom is -0.354 e. The second-order valence-corrected chi connectivity index (χ2v) is 15.3. The summed E-state index contributed by atoms with van der Waals surface area (Å²) in [5, 5.41) is 7.63. The van der Waals surface area contributed by atoms with Crippen LogP contribution < -0.4 is 10.6 Å². The van der Waals surface area contributed by atoms with Gasteiger partial charge in [-0.25, -0.2) is 4.99 Å². The molecule has 5 aliphatic carbocycles. The SMILES string of the molecule is CC1(C)C2=CC(C3=CC(c4cccc(C5N=C(C6C=CC=CC6)NC(c6ccc(-c7ccccc7)cc6)N5)c4)=CCC3)CC=C2C2=C1C=CCC2. The molecule has 51 heavy (non-hydrogen) atoms. The minimum absolute atomic E-state index is 0.0524. The van der Waals surface area contributed by atoms with Crippen molar-refractivity contribution in [3.05, 3.63) is 184 Å². The molecule has 3 aromatic carbocycles. The first-order valence-electron chi connectivity index (χ1n) is 18.9. The number of allylic oxidation sites excluding steroid dienone is 15. The van der Waals surface area contributed by atoms with E-state index < -0.39 is 0 Å². The second kappa shape index (κ2) is 13.3. The van der Waals surface area contributed by atoms with Crippen LogP contribution in [-0.4, -0.2) is 5.84 Å². The van der Waals surface area contributed by atoms with Crippen molar-refractivity contribution in [2.75, 3.05) is 0 Å². The van der Waals surface area contributed by atoms with Gasteiger partial charge < -0.3 is 5.32 Å². The van der Waals surface area contributed by atoms with Crippen molar-refractivity contribution in [1.29, 1.82) is 0 Å². The zero-order valence-electron chi connectivity index (χ0n) is 29.8. The molecule has 0 bridgehead atoms. The van der Waals surface area contributed by atoms with E-state index in [-0.39, 0.29) is 23.7 Å². The summed E-state index contributed by atoms with van der Waals surface area (Å²) in [7, 11) is 0. The van der Waals surface area contributed by atoms with Crippen LogP contribution in [-0.2, 0) is 0 Å². The Bertz CT molecular complexity index is 2130. The fourth-order valence-electron chi connectivity index (χ4n) is 8.98. The smallest absolute Gasteiger partial charge is 0.129 e. The van der Waals surface area contributed by atoms with Gasteiger partial charge in [-0.1, -0.05) is 153 Å². The Morgan fingerprint density at radius 3 is 2.43 bits per heavy atom. The van der Waals surface area contributed by atoms with Gasteiger partial charge in [0.25, 0.3) is 0 Å². The zero-order chi connectivity index (χ0) is 34.4. The van der Waals surface area contributed by atoms with E-state index in [2.05, 4.69) is 164 Å².